The Labute approximate surface area is 151 Å². The molecule has 126 valence electrons. The van der Waals surface area contributed by atoms with Gasteiger partial charge >= 0.3 is 0 Å². The fourth-order valence-corrected chi connectivity index (χ4v) is 3.94. The maximum absolute atomic E-state index is 5.85. The fourth-order valence-electron chi connectivity index (χ4n) is 2.48. The lowest BCUT2D eigenvalue weighted by Gasteiger charge is -2.20. The number of hydrogen-bond acceptors (Lipinski definition) is 7. The van der Waals surface area contributed by atoms with Crippen LogP contribution in [0.2, 0.25) is 0 Å². The van der Waals surface area contributed by atoms with Gasteiger partial charge in [0, 0.05) is 18.8 Å². The Morgan fingerprint density at radius 1 is 1.21 bits per heavy atom. The van der Waals surface area contributed by atoms with Crippen molar-refractivity contribution in [1.29, 1.82) is 0 Å². The smallest absolute Gasteiger partial charge is 0.232 e. The first-order chi connectivity index (χ1) is 11.6. The highest BCUT2D eigenvalue weighted by Gasteiger charge is 2.20. The van der Waals surface area contributed by atoms with Crippen molar-refractivity contribution in [3.05, 3.63) is 36.2 Å². The van der Waals surface area contributed by atoms with Crippen molar-refractivity contribution in [3.63, 3.8) is 0 Å². The summed E-state index contributed by atoms with van der Waals surface area (Å²) in [6.45, 7) is 4.12. The average Bonchev–Trinajstić information content (AvgIpc) is 3.10. The van der Waals surface area contributed by atoms with E-state index in [1.54, 1.807) is 11.8 Å². The molecule has 2 aromatic rings. The molecular formula is C16H20N6S2. The molecule has 0 spiro atoms. The number of aromatic nitrogens is 3. The van der Waals surface area contributed by atoms with Crippen LogP contribution >= 0.6 is 24.0 Å². The van der Waals surface area contributed by atoms with Crippen LogP contribution < -0.4 is 11.1 Å². The van der Waals surface area contributed by atoms with E-state index in [1.165, 1.54) is 12.8 Å². The molecule has 0 amide bonds. The van der Waals surface area contributed by atoms with Crippen LogP contribution in [0.25, 0.3) is 0 Å². The third-order valence-corrected chi connectivity index (χ3v) is 5.28. The van der Waals surface area contributed by atoms with E-state index in [-0.39, 0.29) is 11.2 Å². The Kier molecular flexibility index (Phi) is 5.47. The van der Waals surface area contributed by atoms with Crippen LogP contribution in [0.5, 0.6) is 0 Å². The normalized spacial score (nSPS) is 15.3. The van der Waals surface area contributed by atoms with Crippen molar-refractivity contribution in [2.24, 2.45) is 0 Å². The number of rotatable bonds is 4. The second-order valence-corrected chi connectivity index (χ2v) is 7.56. The molecule has 1 atom stereocenters. The molecule has 24 heavy (non-hydrogen) atoms. The zero-order valence-corrected chi connectivity index (χ0v) is 15.1. The van der Waals surface area contributed by atoms with Crippen molar-refractivity contribution in [2.75, 3.05) is 24.1 Å². The number of thioether (sulfide) groups is 1. The van der Waals surface area contributed by atoms with Crippen molar-refractivity contribution in [1.82, 2.24) is 19.9 Å². The number of benzene rings is 1. The van der Waals surface area contributed by atoms with Gasteiger partial charge in [-0.2, -0.15) is 15.0 Å². The predicted octanol–water partition coefficient (Wildman–Crippen LogP) is 3.37. The largest absolute Gasteiger partial charge is 0.368 e. The first-order valence-corrected chi connectivity index (χ1v) is 9.19. The highest BCUT2D eigenvalue weighted by Crippen LogP contribution is 2.30. The summed E-state index contributed by atoms with van der Waals surface area (Å²) in [5.41, 5.74) is 6.75. The van der Waals surface area contributed by atoms with Gasteiger partial charge in [0.05, 0.1) is 5.25 Å². The number of nitrogens with one attached hydrogen (secondary N) is 1. The molecule has 6 nitrogen and oxygen atoms in total. The van der Waals surface area contributed by atoms with Crippen molar-refractivity contribution >= 4 is 45.9 Å². The van der Waals surface area contributed by atoms with Gasteiger partial charge in [-0.1, -0.05) is 42.2 Å². The number of para-hydroxylation sites is 1. The molecule has 0 bridgehead atoms. The topological polar surface area (TPSA) is 80.0 Å². The number of thiocarbonyl (C=S) groups is 1. The minimum atomic E-state index is 0.0136. The third-order valence-electron chi connectivity index (χ3n) is 3.71. The Morgan fingerprint density at radius 3 is 2.62 bits per heavy atom. The Bertz CT molecular complexity index is 703. The summed E-state index contributed by atoms with van der Waals surface area (Å²) < 4.78 is 0.900. The van der Waals surface area contributed by atoms with Crippen LogP contribution in [0.3, 0.4) is 0 Å². The lowest BCUT2D eigenvalue weighted by Crippen LogP contribution is -2.24. The lowest BCUT2D eigenvalue weighted by molar-refractivity contribution is 0.539. The zero-order valence-electron chi connectivity index (χ0n) is 13.5. The van der Waals surface area contributed by atoms with Crippen LogP contribution in [-0.4, -0.2) is 37.3 Å². The monoisotopic (exact) mass is 360 g/mol. The van der Waals surface area contributed by atoms with E-state index < -0.39 is 0 Å². The third kappa shape index (κ3) is 4.33. The van der Waals surface area contributed by atoms with Gasteiger partial charge in [0.25, 0.3) is 0 Å². The van der Waals surface area contributed by atoms with E-state index in [9.17, 15) is 0 Å². The minimum Gasteiger partial charge on any atom is -0.368 e. The summed E-state index contributed by atoms with van der Waals surface area (Å²) in [4.78, 5) is 15.2. The number of nitrogens with zero attached hydrogens (tertiary/aromatic N) is 4. The molecule has 0 saturated carbocycles. The Hall–Kier alpha value is -1.93. The van der Waals surface area contributed by atoms with Crippen molar-refractivity contribution < 1.29 is 0 Å². The second-order valence-electron chi connectivity index (χ2n) is 5.59. The van der Waals surface area contributed by atoms with Gasteiger partial charge in [0.15, 0.2) is 0 Å². The maximum atomic E-state index is 5.85. The van der Waals surface area contributed by atoms with Crippen molar-refractivity contribution in [3.8, 4) is 0 Å². The van der Waals surface area contributed by atoms with Gasteiger partial charge in [-0.3, -0.25) is 0 Å². The van der Waals surface area contributed by atoms with Crippen LogP contribution in [0.15, 0.2) is 30.3 Å². The lowest BCUT2D eigenvalue weighted by atomic mass is 10.3. The molecule has 1 aliphatic rings. The quantitative estimate of drug-likeness (QED) is 0.803. The molecule has 3 N–H and O–H groups in total. The van der Waals surface area contributed by atoms with E-state index in [1.807, 2.05) is 37.3 Å². The molecule has 1 aromatic carbocycles. The van der Waals surface area contributed by atoms with Gasteiger partial charge < -0.3 is 16.0 Å². The molecule has 1 unspecified atom stereocenters. The zero-order chi connectivity index (χ0) is 16.9. The Morgan fingerprint density at radius 2 is 1.92 bits per heavy atom. The van der Waals surface area contributed by atoms with E-state index in [2.05, 4.69) is 25.2 Å². The SMILES string of the molecule is CC(SC(=S)N1CCCC1)c1nc(N)nc(Nc2ccccc2)n1. The molecule has 8 heteroatoms. The van der Waals surface area contributed by atoms with Gasteiger partial charge in [0.1, 0.15) is 10.1 Å². The van der Waals surface area contributed by atoms with Crippen molar-refractivity contribution in [2.45, 2.75) is 25.0 Å². The predicted molar refractivity (Wildman–Crippen MR) is 103 cm³/mol. The summed E-state index contributed by atoms with van der Waals surface area (Å²) in [7, 11) is 0. The molecule has 1 aromatic heterocycles. The summed E-state index contributed by atoms with van der Waals surface area (Å²) in [5.74, 6) is 1.29. The van der Waals surface area contributed by atoms with Crippen LogP contribution in [0.4, 0.5) is 17.6 Å². The molecule has 1 aliphatic heterocycles. The summed E-state index contributed by atoms with van der Waals surface area (Å²) in [5, 5.41) is 3.17. The number of anilines is 3. The first-order valence-electron chi connectivity index (χ1n) is 7.91. The summed E-state index contributed by atoms with van der Waals surface area (Å²) >= 11 is 7.13. The van der Waals surface area contributed by atoms with E-state index in [4.69, 9.17) is 18.0 Å². The van der Waals surface area contributed by atoms with E-state index >= 15 is 0 Å². The number of hydrogen-bond donors (Lipinski definition) is 2. The Balaban J connectivity index is 1.71. The van der Waals surface area contributed by atoms with Crippen LogP contribution in [-0.2, 0) is 0 Å². The van der Waals surface area contributed by atoms with Gasteiger partial charge in [0.2, 0.25) is 11.9 Å². The van der Waals surface area contributed by atoms with Gasteiger partial charge in [-0.05, 0) is 31.9 Å². The molecule has 0 aliphatic carbocycles. The van der Waals surface area contributed by atoms with E-state index in [0.717, 1.165) is 23.1 Å². The minimum absolute atomic E-state index is 0.0136. The van der Waals surface area contributed by atoms with E-state index in [0.29, 0.717) is 11.8 Å². The molecule has 2 heterocycles. The highest BCUT2D eigenvalue weighted by atomic mass is 32.2. The van der Waals surface area contributed by atoms with Crippen LogP contribution in [0, 0.1) is 0 Å². The number of nitrogens with two attached hydrogens (primary N) is 1. The van der Waals surface area contributed by atoms with Gasteiger partial charge in [-0.25, -0.2) is 0 Å². The summed E-state index contributed by atoms with van der Waals surface area (Å²) in [6, 6.07) is 9.73. The van der Waals surface area contributed by atoms with Gasteiger partial charge in [-0.15, -0.1) is 0 Å². The second kappa shape index (κ2) is 7.76. The standard InChI is InChI=1S/C16H20N6S2/c1-11(24-16(23)22-9-5-6-10-22)13-19-14(17)21-15(20-13)18-12-7-3-2-4-8-12/h2-4,7-8,11H,5-6,9-10H2,1H3,(H3,17,18,19,20,21). The molecule has 3 rings (SSSR count). The molecule has 1 fully saturated rings. The summed E-state index contributed by atoms with van der Waals surface area (Å²) in [6.07, 6.45) is 2.41. The number of nitrogen functional groups attached to an aromatic ring is 1. The van der Waals surface area contributed by atoms with Crippen LogP contribution in [0.1, 0.15) is 30.8 Å². The first kappa shape index (κ1) is 16.9. The molecular weight excluding hydrogens is 340 g/mol. The maximum Gasteiger partial charge on any atom is 0.232 e. The number of likely N-dealkylation sites (tertiary alicyclic amines) is 1. The average molecular weight is 361 g/mol. The molecule has 0 radical (unpaired) electrons. The molecule has 1 saturated heterocycles. The highest BCUT2D eigenvalue weighted by molar-refractivity contribution is 8.23. The fraction of sp³-hybridized carbons (Fsp3) is 0.375.